The zero-order valence-corrected chi connectivity index (χ0v) is 11.8. The Labute approximate surface area is 117 Å². The lowest BCUT2D eigenvalue weighted by Gasteiger charge is -2.23. The van der Waals surface area contributed by atoms with Crippen LogP contribution < -0.4 is 4.90 Å². The van der Waals surface area contributed by atoms with Crippen molar-refractivity contribution in [3.05, 3.63) is 46.3 Å². The van der Waals surface area contributed by atoms with Gasteiger partial charge in [-0.1, -0.05) is 6.07 Å². The molecule has 3 rings (SSSR count). The molecule has 1 fully saturated rings. The predicted molar refractivity (Wildman–Crippen MR) is 78.4 cm³/mol. The number of rotatable bonds is 5. The lowest BCUT2D eigenvalue weighted by molar-refractivity contribution is 0.199. The number of thiophene rings is 1. The van der Waals surface area contributed by atoms with Crippen LogP contribution in [0.25, 0.3) is 0 Å². The normalized spacial score (nSPS) is 16.3. The van der Waals surface area contributed by atoms with Gasteiger partial charge in [0.1, 0.15) is 5.82 Å². The molecule has 19 heavy (non-hydrogen) atoms. The molecule has 1 aliphatic rings. The van der Waals surface area contributed by atoms with E-state index in [0.717, 1.165) is 17.9 Å². The molecule has 100 valence electrons. The number of pyridine rings is 1. The molecule has 2 heterocycles. The summed E-state index contributed by atoms with van der Waals surface area (Å²) in [6, 6.07) is 6.79. The fourth-order valence-corrected chi connectivity index (χ4v) is 2.84. The molecule has 1 saturated carbocycles. The minimum atomic E-state index is -0.451. The summed E-state index contributed by atoms with van der Waals surface area (Å²) in [5, 5.41) is 13.8. The molecule has 0 unspecified atom stereocenters. The number of aliphatic hydroxyl groups is 1. The summed E-state index contributed by atoms with van der Waals surface area (Å²) in [6.07, 6.45) is 3.84. The van der Waals surface area contributed by atoms with Gasteiger partial charge in [0.05, 0.1) is 6.10 Å². The molecule has 3 nitrogen and oxygen atoms in total. The first-order valence-corrected chi connectivity index (χ1v) is 7.60. The highest BCUT2D eigenvalue weighted by molar-refractivity contribution is 7.07. The summed E-state index contributed by atoms with van der Waals surface area (Å²) >= 11 is 1.74. The van der Waals surface area contributed by atoms with Gasteiger partial charge in [-0.25, -0.2) is 4.98 Å². The van der Waals surface area contributed by atoms with Crippen LogP contribution in [0.3, 0.4) is 0 Å². The summed E-state index contributed by atoms with van der Waals surface area (Å²) < 4.78 is 0. The van der Waals surface area contributed by atoms with Crippen molar-refractivity contribution >= 4 is 17.2 Å². The first-order chi connectivity index (χ1) is 9.24. The fourth-order valence-electron chi connectivity index (χ4n) is 2.18. The highest BCUT2D eigenvalue weighted by atomic mass is 32.1. The Morgan fingerprint density at radius 3 is 2.79 bits per heavy atom. The Morgan fingerprint density at radius 2 is 2.26 bits per heavy atom. The van der Waals surface area contributed by atoms with Crippen LogP contribution >= 0.6 is 11.3 Å². The highest BCUT2D eigenvalue weighted by Crippen LogP contribution is 2.32. The molecular weight excluding hydrogens is 256 g/mol. The van der Waals surface area contributed by atoms with E-state index in [2.05, 4.69) is 26.7 Å². The maximum absolute atomic E-state index is 9.53. The quantitative estimate of drug-likeness (QED) is 0.908. The Kier molecular flexibility index (Phi) is 3.53. The molecule has 1 N–H and O–H groups in total. The number of aliphatic hydroxyl groups excluding tert-OH is 1. The molecule has 0 aliphatic heterocycles. The first-order valence-electron chi connectivity index (χ1n) is 6.66. The highest BCUT2D eigenvalue weighted by Gasteiger charge is 2.30. The second kappa shape index (κ2) is 5.31. The molecule has 0 spiro atoms. The van der Waals surface area contributed by atoms with E-state index in [1.807, 2.05) is 12.1 Å². The smallest absolute Gasteiger partial charge is 0.129 e. The maximum Gasteiger partial charge on any atom is 0.129 e. The molecule has 2 aromatic rings. The monoisotopic (exact) mass is 274 g/mol. The average Bonchev–Trinajstić information content (AvgIpc) is 3.13. The summed E-state index contributed by atoms with van der Waals surface area (Å²) in [4.78, 5) is 6.88. The van der Waals surface area contributed by atoms with Crippen LogP contribution in [0.4, 0.5) is 5.82 Å². The summed E-state index contributed by atoms with van der Waals surface area (Å²) in [6.45, 7) is 2.69. The molecule has 1 atom stereocenters. The Bertz CT molecular complexity index is 518. The Hall–Kier alpha value is -1.39. The van der Waals surface area contributed by atoms with E-state index in [4.69, 9.17) is 0 Å². The van der Waals surface area contributed by atoms with Gasteiger partial charge in [-0.2, -0.15) is 11.3 Å². The number of aromatic nitrogens is 1. The topological polar surface area (TPSA) is 36.4 Å². The van der Waals surface area contributed by atoms with E-state index in [1.165, 1.54) is 18.4 Å². The average molecular weight is 274 g/mol. The molecule has 2 aromatic heterocycles. The second-order valence-electron chi connectivity index (χ2n) is 5.12. The van der Waals surface area contributed by atoms with Gasteiger partial charge in [0.25, 0.3) is 0 Å². The third-order valence-corrected chi connectivity index (χ3v) is 4.20. The second-order valence-corrected chi connectivity index (χ2v) is 5.90. The first kappa shape index (κ1) is 12.6. The minimum Gasteiger partial charge on any atom is -0.389 e. The molecule has 0 aromatic carbocycles. The lowest BCUT2D eigenvalue weighted by atomic mass is 10.2. The Morgan fingerprint density at radius 1 is 1.42 bits per heavy atom. The van der Waals surface area contributed by atoms with E-state index in [-0.39, 0.29) is 0 Å². The van der Waals surface area contributed by atoms with Crippen molar-refractivity contribution in [3.8, 4) is 0 Å². The van der Waals surface area contributed by atoms with Gasteiger partial charge in [-0.05, 0) is 53.8 Å². The molecule has 0 bridgehead atoms. The number of hydrogen-bond donors (Lipinski definition) is 1. The molecular formula is C15H18N2OS. The van der Waals surface area contributed by atoms with Gasteiger partial charge in [0.2, 0.25) is 0 Å². The third-order valence-electron chi connectivity index (χ3n) is 3.47. The summed E-state index contributed by atoms with van der Waals surface area (Å²) in [5.41, 5.74) is 2.22. The minimum absolute atomic E-state index is 0.451. The zero-order valence-electron chi connectivity index (χ0n) is 11.0. The SMILES string of the molecule is C[C@@H](O)c1ccc(N(Cc2ccsc2)C2CC2)nc1. The van der Waals surface area contributed by atoms with Crippen molar-refractivity contribution in [2.75, 3.05) is 4.90 Å². The van der Waals surface area contributed by atoms with Gasteiger partial charge in [0, 0.05) is 18.8 Å². The van der Waals surface area contributed by atoms with Crippen molar-refractivity contribution in [3.63, 3.8) is 0 Å². The van der Waals surface area contributed by atoms with Crippen molar-refractivity contribution in [2.45, 2.75) is 38.5 Å². The van der Waals surface area contributed by atoms with E-state index in [0.29, 0.717) is 6.04 Å². The van der Waals surface area contributed by atoms with Crippen LogP contribution in [0.5, 0.6) is 0 Å². The number of nitrogens with zero attached hydrogens (tertiary/aromatic N) is 2. The molecule has 1 aliphatic carbocycles. The van der Waals surface area contributed by atoms with E-state index >= 15 is 0 Å². The van der Waals surface area contributed by atoms with Crippen molar-refractivity contribution in [2.24, 2.45) is 0 Å². The molecule has 0 saturated heterocycles. The lowest BCUT2D eigenvalue weighted by Crippen LogP contribution is -2.25. The van der Waals surface area contributed by atoms with Crippen LogP contribution in [-0.2, 0) is 6.54 Å². The van der Waals surface area contributed by atoms with Crippen LogP contribution in [0, 0.1) is 0 Å². The Balaban J connectivity index is 1.79. The zero-order chi connectivity index (χ0) is 13.2. The van der Waals surface area contributed by atoms with Gasteiger partial charge >= 0.3 is 0 Å². The van der Waals surface area contributed by atoms with E-state index < -0.39 is 6.10 Å². The van der Waals surface area contributed by atoms with Crippen LogP contribution in [-0.4, -0.2) is 16.1 Å². The third kappa shape index (κ3) is 2.96. The van der Waals surface area contributed by atoms with Gasteiger partial charge in [-0.15, -0.1) is 0 Å². The largest absolute Gasteiger partial charge is 0.389 e. The number of hydrogen-bond acceptors (Lipinski definition) is 4. The number of anilines is 1. The van der Waals surface area contributed by atoms with Crippen LogP contribution in [0.1, 0.15) is 37.0 Å². The van der Waals surface area contributed by atoms with Crippen LogP contribution in [0.2, 0.25) is 0 Å². The fraction of sp³-hybridized carbons (Fsp3) is 0.400. The predicted octanol–water partition coefficient (Wildman–Crippen LogP) is 3.37. The molecule has 0 radical (unpaired) electrons. The van der Waals surface area contributed by atoms with Gasteiger partial charge in [0.15, 0.2) is 0 Å². The van der Waals surface area contributed by atoms with E-state index in [1.54, 1.807) is 24.5 Å². The maximum atomic E-state index is 9.53. The summed E-state index contributed by atoms with van der Waals surface area (Å²) in [7, 11) is 0. The van der Waals surface area contributed by atoms with Crippen molar-refractivity contribution in [1.29, 1.82) is 0 Å². The summed E-state index contributed by atoms with van der Waals surface area (Å²) in [5.74, 6) is 1.01. The van der Waals surface area contributed by atoms with Crippen molar-refractivity contribution in [1.82, 2.24) is 4.98 Å². The molecule has 4 heteroatoms. The van der Waals surface area contributed by atoms with E-state index in [9.17, 15) is 5.11 Å². The molecule has 0 amide bonds. The standard InChI is InChI=1S/C15H18N2OS/c1-11(18)13-2-5-15(16-8-13)17(14-3-4-14)9-12-6-7-19-10-12/h2,5-8,10-11,14,18H,3-4,9H2,1H3/t11-/m1/s1. The van der Waals surface area contributed by atoms with Crippen LogP contribution in [0.15, 0.2) is 35.2 Å². The van der Waals surface area contributed by atoms with Gasteiger partial charge < -0.3 is 10.0 Å². The van der Waals surface area contributed by atoms with Gasteiger partial charge in [-0.3, -0.25) is 0 Å². The van der Waals surface area contributed by atoms with Crippen molar-refractivity contribution < 1.29 is 5.11 Å².